The van der Waals surface area contributed by atoms with Gasteiger partial charge in [0.05, 0.1) is 0 Å². The standard InChI is InChI=1S/C11H25NS/c1-4-6-7-8-11(12-5-2)9-10-13-3/h11-12H,4-10H2,1-3H3. The number of thioether (sulfide) groups is 1. The molecule has 0 saturated heterocycles. The molecule has 0 aliphatic heterocycles. The molecular formula is C11H25NS. The first-order valence-electron chi connectivity index (χ1n) is 5.57. The highest BCUT2D eigenvalue weighted by atomic mass is 32.2. The van der Waals surface area contributed by atoms with E-state index in [0.29, 0.717) is 0 Å². The average Bonchev–Trinajstić information content (AvgIpc) is 2.14. The van der Waals surface area contributed by atoms with Crippen molar-refractivity contribution in [2.24, 2.45) is 0 Å². The minimum atomic E-state index is 0.768. The molecule has 0 spiro atoms. The van der Waals surface area contributed by atoms with Crippen molar-refractivity contribution in [3.05, 3.63) is 0 Å². The van der Waals surface area contributed by atoms with Gasteiger partial charge in [0.25, 0.3) is 0 Å². The molecule has 0 fully saturated rings. The number of hydrogen-bond acceptors (Lipinski definition) is 2. The maximum Gasteiger partial charge on any atom is 0.00748 e. The first kappa shape index (κ1) is 13.3. The summed E-state index contributed by atoms with van der Waals surface area (Å²) in [4.78, 5) is 0. The Labute approximate surface area is 88.1 Å². The number of unbranched alkanes of at least 4 members (excludes halogenated alkanes) is 2. The fourth-order valence-electron chi connectivity index (χ4n) is 1.54. The van der Waals surface area contributed by atoms with E-state index in [1.165, 1.54) is 37.9 Å². The summed E-state index contributed by atoms with van der Waals surface area (Å²) in [5.74, 6) is 1.30. The molecule has 1 atom stereocenters. The van der Waals surface area contributed by atoms with E-state index in [2.05, 4.69) is 25.4 Å². The van der Waals surface area contributed by atoms with Crippen LogP contribution in [0.25, 0.3) is 0 Å². The molecule has 0 amide bonds. The van der Waals surface area contributed by atoms with Crippen molar-refractivity contribution in [1.29, 1.82) is 0 Å². The lowest BCUT2D eigenvalue weighted by molar-refractivity contribution is 0.461. The van der Waals surface area contributed by atoms with Gasteiger partial charge >= 0.3 is 0 Å². The summed E-state index contributed by atoms with van der Waals surface area (Å²) in [5, 5.41) is 3.56. The third-order valence-electron chi connectivity index (χ3n) is 2.32. The van der Waals surface area contributed by atoms with E-state index in [9.17, 15) is 0 Å². The highest BCUT2D eigenvalue weighted by Crippen LogP contribution is 2.09. The lowest BCUT2D eigenvalue weighted by Gasteiger charge is -2.16. The third-order valence-corrected chi connectivity index (χ3v) is 2.96. The van der Waals surface area contributed by atoms with Crippen LogP contribution in [0.2, 0.25) is 0 Å². The van der Waals surface area contributed by atoms with E-state index in [4.69, 9.17) is 0 Å². The Morgan fingerprint density at radius 2 is 1.92 bits per heavy atom. The van der Waals surface area contributed by atoms with Crippen LogP contribution in [-0.4, -0.2) is 24.6 Å². The Hall–Kier alpha value is 0.310. The average molecular weight is 203 g/mol. The summed E-state index contributed by atoms with van der Waals surface area (Å²) in [7, 11) is 0. The summed E-state index contributed by atoms with van der Waals surface area (Å²) < 4.78 is 0. The molecule has 1 N–H and O–H groups in total. The molecular weight excluding hydrogens is 178 g/mol. The van der Waals surface area contributed by atoms with Gasteiger partial charge in [-0.05, 0) is 31.4 Å². The minimum absolute atomic E-state index is 0.768. The van der Waals surface area contributed by atoms with Crippen LogP contribution in [0.3, 0.4) is 0 Å². The molecule has 0 aromatic carbocycles. The predicted octanol–water partition coefficient (Wildman–Crippen LogP) is 3.30. The second-order valence-corrected chi connectivity index (χ2v) is 4.52. The zero-order chi connectivity index (χ0) is 9.94. The Kier molecular flexibility index (Phi) is 10.6. The fraction of sp³-hybridized carbons (Fsp3) is 1.00. The number of hydrogen-bond donors (Lipinski definition) is 1. The topological polar surface area (TPSA) is 12.0 Å². The van der Waals surface area contributed by atoms with Crippen molar-refractivity contribution < 1.29 is 0 Å². The van der Waals surface area contributed by atoms with E-state index in [-0.39, 0.29) is 0 Å². The molecule has 1 unspecified atom stereocenters. The third kappa shape index (κ3) is 8.63. The van der Waals surface area contributed by atoms with Gasteiger partial charge in [0.2, 0.25) is 0 Å². The van der Waals surface area contributed by atoms with Crippen LogP contribution >= 0.6 is 11.8 Å². The monoisotopic (exact) mass is 203 g/mol. The smallest absolute Gasteiger partial charge is 0.00748 e. The van der Waals surface area contributed by atoms with Gasteiger partial charge in [0.15, 0.2) is 0 Å². The molecule has 1 nitrogen and oxygen atoms in total. The molecule has 0 heterocycles. The van der Waals surface area contributed by atoms with E-state index >= 15 is 0 Å². The van der Waals surface area contributed by atoms with Crippen LogP contribution in [-0.2, 0) is 0 Å². The molecule has 0 saturated carbocycles. The SMILES string of the molecule is CCCCCC(CCSC)NCC. The van der Waals surface area contributed by atoms with Crippen molar-refractivity contribution in [2.75, 3.05) is 18.6 Å². The van der Waals surface area contributed by atoms with Gasteiger partial charge in [-0.2, -0.15) is 11.8 Å². The molecule has 0 aromatic rings. The molecule has 0 radical (unpaired) electrons. The van der Waals surface area contributed by atoms with E-state index in [0.717, 1.165) is 12.6 Å². The molecule has 2 heteroatoms. The maximum absolute atomic E-state index is 3.56. The van der Waals surface area contributed by atoms with Gasteiger partial charge in [-0.3, -0.25) is 0 Å². The molecule has 80 valence electrons. The van der Waals surface area contributed by atoms with Gasteiger partial charge in [0, 0.05) is 6.04 Å². The number of rotatable bonds is 9. The van der Waals surface area contributed by atoms with Crippen molar-refractivity contribution in [2.45, 2.75) is 52.0 Å². The highest BCUT2D eigenvalue weighted by Gasteiger charge is 2.05. The summed E-state index contributed by atoms with van der Waals surface area (Å²) in [6.45, 7) is 5.58. The Balaban J connectivity index is 3.41. The van der Waals surface area contributed by atoms with Crippen LogP contribution in [0.1, 0.15) is 46.0 Å². The summed E-state index contributed by atoms with van der Waals surface area (Å²) in [5.41, 5.74) is 0. The largest absolute Gasteiger partial charge is 0.314 e. The summed E-state index contributed by atoms with van der Waals surface area (Å²) >= 11 is 1.96. The molecule has 0 rings (SSSR count). The first-order valence-corrected chi connectivity index (χ1v) is 6.96. The Bertz CT molecular complexity index is 96.1. The zero-order valence-corrected chi connectivity index (χ0v) is 10.3. The highest BCUT2D eigenvalue weighted by molar-refractivity contribution is 7.98. The Morgan fingerprint density at radius 1 is 1.15 bits per heavy atom. The molecule has 0 bridgehead atoms. The van der Waals surface area contributed by atoms with Gasteiger partial charge in [-0.25, -0.2) is 0 Å². The second kappa shape index (κ2) is 10.4. The van der Waals surface area contributed by atoms with Gasteiger partial charge < -0.3 is 5.32 Å². The summed E-state index contributed by atoms with van der Waals surface area (Å²) in [6, 6.07) is 0.768. The van der Waals surface area contributed by atoms with E-state index < -0.39 is 0 Å². The van der Waals surface area contributed by atoms with E-state index in [1.807, 2.05) is 11.8 Å². The van der Waals surface area contributed by atoms with E-state index in [1.54, 1.807) is 0 Å². The number of nitrogens with one attached hydrogen (secondary N) is 1. The van der Waals surface area contributed by atoms with Crippen molar-refractivity contribution >= 4 is 11.8 Å². The molecule has 13 heavy (non-hydrogen) atoms. The zero-order valence-electron chi connectivity index (χ0n) is 9.44. The van der Waals surface area contributed by atoms with Crippen molar-refractivity contribution in [1.82, 2.24) is 5.32 Å². The maximum atomic E-state index is 3.56. The lowest BCUT2D eigenvalue weighted by atomic mass is 10.1. The van der Waals surface area contributed by atoms with Crippen LogP contribution < -0.4 is 5.32 Å². The van der Waals surface area contributed by atoms with Gasteiger partial charge in [-0.15, -0.1) is 0 Å². The predicted molar refractivity (Wildman–Crippen MR) is 64.6 cm³/mol. The van der Waals surface area contributed by atoms with Crippen LogP contribution in [0, 0.1) is 0 Å². The molecule has 0 aliphatic carbocycles. The van der Waals surface area contributed by atoms with Crippen LogP contribution in [0.5, 0.6) is 0 Å². The lowest BCUT2D eigenvalue weighted by Crippen LogP contribution is -2.29. The first-order chi connectivity index (χ1) is 6.35. The fourth-order valence-corrected chi connectivity index (χ4v) is 2.06. The summed E-state index contributed by atoms with van der Waals surface area (Å²) in [6.07, 6.45) is 9.00. The second-order valence-electron chi connectivity index (χ2n) is 3.53. The van der Waals surface area contributed by atoms with Gasteiger partial charge in [-0.1, -0.05) is 33.1 Å². The van der Waals surface area contributed by atoms with Crippen molar-refractivity contribution in [3.8, 4) is 0 Å². The molecule has 0 aliphatic rings. The normalized spacial score (nSPS) is 13.2. The quantitative estimate of drug-likeness (QED) is 0.577. The van der Waals surface area contributed by atoms with Crippen LogP contribution in [0.4, 0.5) is 0 Å². The van der Waals surface area contributed by atoms with Gasteiger partial charge in [0.1, 0.15) is 0 Å². The molecule has 0 aromatic heterocycles. The minimum Gasteiger partial charge on any atom is -0.314 e. The Morgan fingerprint density at radius 3 is 2.46 bits per heavy atom. The van der Waals surface area contributed by atoms with Crippen molar-refractivity contribution in [3.63, 3.8) is 0 Å². The van der Waals surface area contributed by atoms with Crippen LogP contribution in [0.15, 0.2) is 0 Å².